The Labute approximate surface area is 112 Å². The van der Waals surface area contributed by atoms with E-state index in [0.29, 0.717) is 17.4 Å². The molecule has 0 aliphatic heterocycles. The Kier molecular flexibility index (Phi) is 4.00. The number of benzene rings is 1. The van der Waals surface area contributed by atoms with E-state index < -0.39 is 5.97 Å². The van der Waals surface area contributed by atoms with Gasteiger partial charge in [0, 0.05) is 5.69 Å². The average molecular weight is 258 g/mol. The molecular weight excluding hydrogens is 240 g/mol. The standard InChI is InChI=1S/C15H18N2O2/c1-10(2)7-12-9-14(17-16-12)15(18)19-13-6-4-5-11(3)8-13/h4-6,8-10H,7H2,1-3H3,(H,16,17). The zero-order valence-corrected chi connectivity index (χ0v) is 11.4. The largest absolute Gasteiger partial charge is 0.422 e. The van der Waals surface area contributed by atoms with Gasteiger partial charge >= 0.3 is 5.97 Å². The highest BCUT2D eigenvalue weighted by atomic mass is 16.5. The molecule has 2 aromatic rings. The summed E-state index contributed by atoms with van der Waals surface area (Å²) in [6.07, 6.45) is 0.866. The molecule has 0 fully saturated rings. The molecule has 2 rings (SSSR count). The minimum Gasteiger partial charge on any atom is -0.422 e. The number of esters is 1. The van der Waals surface area contributed by atoms with E-state index in [-0.39, 0.29) is 0 Å². The normalized spacial score (nSPS) is 10.7. The van der Waals surface area contributed by atoms with Crippen LogP contribution >= 0.6 is 0 Å². The number of hydrogen-bond acceptors (Lipinski definition) is 3. The molecule has 0 saturated carbocycles. The zero-order chi connectivity index (χ0) is 13.8. The van der Waals surface area contributed by atoms with Gasteiger partial charge in [-0.3, -0.25) is 5.10 Å². The van der Waals surface area contributed by atoms with Gasteiger partial charge in [-0.05, 0) is 43.0 Å². The van der Waals surface area contributed by atoms with Gasteiger partial charge in [-0.15, -0.1) is 0 Å². The molecule has 4 nitrogen and oxygen atoms in total. The molecule has 1 aromatic carbocycles. The highest BCUT2D eigenvalue weighted by Crippen LogP contribution is 2.14. The lowest BCUT2D eigenvalue weighted by atomic mass is 10.1. The summed E-state index contributed by atoms with van der Waals surface area (Å²) in [5.41, 5.74) is 2.32. The predicted molar refractivity (Wildman–Crippen MR) is 73.3 cm³/mol. The third-order valence-electron chi connectivity index (χ3n) is 2.67. The number of hydrogen-bond donors (Lipinski definition) is 1. The van der Waals surface area contributed by atoms with Gasteiger partial charge in [-0.1, -0.05) is 26.0 Å². The third-order valence-corrected chi connectivity index (χ3v) is 2.67. The van der Waals surface area contributed by atoms with Crippen molar-refractivity contribution in [1.82, 2.24) is 10.2 Å². The maximum Gasteiger partial charge on any atom is 0.364 e. The lowest BCUT2D eigenvalue weighted by Gasteiger charge is -2.02. The first kappa shape index (κ1) is 13.3. The van der Waals surface area contributed by atoms with Gasteiger partial charge in [0.1, 0.15) is 5.75 Å². The fourth-order valence-electron chi connectivity index (χ4n) is 1.85. The van der Waals surface area contributed by atoms with Crippen molar-refractivity contribution in [3.05, 3.63) is 47.3 Å². The summed E-state index contributed by atoms with van der Waals surface area (Å²) in [6.45, 7) is 6.18. The van der Waals surface area contributed by atoms with E-state index >= 15 is 0 Å². The van der Waals surface area contributed by atoms with Crippen LogP contribution in [-0.2, 0) is 6.42 Å². The molecule has 0 unspecified atom stereocenters. The van der Waals surface area contributed by atoms with E-state index in [1.165, 1.54) is 0 Å². The summed E-state index contributed by atoms with van der Waals surface area (Å²) in [4.78, 5) is 11.9. The molecule has 0 aliphatic rings. The Hall–Kier alpha value is -2.10. The minimum absolute atomic E-state index is 0.317. The van der Waals surface area contributed by atoms with E-state index in [0.717, 1.165) is 17.7 Å². The Balaban J connectivity index is 2.05. The van der Waals surface area contributed by atoms with Crippen LogP contribution in [0.25, 0.3) is 0 Å². The van der Waals surface area contributed by atoms with E-state index in [9.17, 15) is 4.79 Å². The van der Waals surface area contributed by atoms with Crippen LogP contribution < -0.4 is 4.74 Å². The molecule has 0 bridgehead atoms. The zero-order valence-electron chi connectivity index (χ0n) is 11.4. The molecule has 0 radical (unpaired) electrons. The van der Waals surface area contributed by atoms with Crippen LogP contribution in [0.15, 0.2) is 30.3 Å². The lowest BCUT2D eigenvalue weighted by Crippen LogP contribution is -2.08. The Morgan fingerprint density at radius 1 is 1.37 bits per heavy atom. The van der Waals surface area contributed by atoms with Crippen molar-refractivity contribution in [2.45, 2.75) is 27.2 Å². The Morgan fingerprint density at radius 2 is 2.16 bits per heavy atom. The maximum absolute atomic E-state index is 11.9. The molecule has 4 heteroatoms. The number of nitrogens with one attached hydrogen (secondary N) is 1. The van der Waals surface area contributed by atoms with E-state index in [1.54, 1.807) is 12.1 Å². The van der Waals surface area contributed by atoms with Gasteiger partial charge in [-0.2, -0.15) is 5.10 Å². The summed E-state index contributed by atoms with van der Waals surface area (Å²) in [5.74, 6) is 0.622. The number of ether oxygens (including phenoxy) is 1. The molecule has 1 aromatic heterocycles. The second-order valence-corrected chi connectivity index (χ2v) is 5.08. The number of H-pyrrole nitrogens is 1. The summed E-state index contributed by atoms with van der Waals surface area (Å²) >= 11 is 0. The number of rotatable bonds is 4. The predicted octanol–water partition coefficient (Wildman–Crippen LogP) is 3.14. The Bertz CT molecular complexity index is 573. The van der Waals surface area contributed by atoms with Crippen LogP contribution in [0.4, 0.5) is 0 Å². The summed E-state index contributed by atoms with van der Waals surface area (Å²) in [7, 11) is 0. The van der Waals surface area contributed by atoms with Crippen molar-refractivity contribution < 1.29 is 9.53 Å². The highest BCUT2D eigenvalue weighted by molar-refractivity contribution is 5.89. The van der Waals surface area contributed by atoms with Gasteiger partial charge in [-0.25, -0.2) is 4.79 Å². The molecule has 1 N–H and O–H groups in total. The first-order chi connectivity index (χ1) is 9.04. The van der Waals surface area contributed by atoms with Crippen LogP contribution in [0, 0.1) is 12.8 Å². The van der Waals surface area contributed by atoms with Gasteiger partial charge in [0.15, 0.2) is 5.69 Å². The van der Waals surface area contributed by atoms with Crippen LogP contribution in [-0.4, -0.2) is 16.2 Å². The van der Waals surface area contributed by atoms with Gasteiger partial charge in [0.2, 0.25) is 0 Å². The van der Waals surface area contributed by atoms with E-state index in [4.69, 9.17) is 4.74 Å². The molecule has 0 amide bonds. The van der Waals surface area contributed by atoms with E-state index in [1.807, 2.05) is 25.1 Å². The fourth-order valence-corrected chi connectivity index (χ4v) is 1.85. The molecule has 0 atom stereocenters. The summed E-state index contributed by atoms with van der Waals surface area (Å²) < 4.78 is 5.28. The van der Waals surface area contributed by atoms with Crippen LogP contribution in [0.3, 0.4) is 0 Å². The van der Waals surface area contributed by atoms with Crippen molar-refractivity contribution in [2.24, 2.45) is 5.92 Å². The number of aryl methyl sites for hydroxylation is 1. The molecule has 0 saturated heterocycles. The minimum atomic E-state index is -0.433. The number of nitrogens with zero attached hydrogens (tertiary/aromatic N) is 1. The molecule has 1 heterocycles. The summed E-state index contributed by atoms with van der Waals surface area (Å²) in [5, 5.41) is 6.85. The van der Waals surface area contributed by atoms with Crippen LogP contribution in [0.1, 0.15) is 35.6 Å². The molecular formula is C15H18N2O2. The van der Waals surface area contributed by atoms with Crippen molar-refractivity contribution in [3.8, 4) is 5.75 Å². The van der Waals surface area contributed by atoms with Crippen molar-refractivity contribution in [1.29, 1.82) is 0 Å². The van der Waals surface area contributed by atoms with Gasteiger partial charge in [0.25, 0.3) is 0 Å². The highest BCUT2D eigenvalue weighted by Gasteiger charge is 2.13. The first-order valence-electron chi connectivity index (χ1n) is 6.37. The van der Waals surface area contributed by atoms with Gasteiger partial charge in [0.05, 0.1) is 0 Å². The summed E-state index contributed by atoms with van der Waals surface area (Å²) in [6, 6.07) is 9.13. The second-order valence-electron chi connectivity index (χ2n) is 5.08. The van der Waals surface area contributed by atoms with Crippen LogP contribution in [0.2, 0.25) is 0 Å². The molecule has 100 valence electrons. The molecule has 0 aliphatic carbocycles. The smallest absolute Gasteiger partial charge is 0.364 e. The van der Waals surface area contributed by atoms with Crippen molar-refractivity contribution in [2.75, 3.05) is 0 Å². The van der Waals surface area contributed by atoms with E-state index in [2.05, 4.69) is 24.0 Å². The van der Waals surface area contributed by atoms with Crippen LogP contribution in [0.5, 0.6) is 5.75 Å². The number of aromatic nitrogens is 2. The van der Waals surface area contributed by atoms with Crippen molar-refractivity contribution >= 4 is 5.97 Å². The fraction of sp³-hybridized carbons (Fsp3) is 0.333. The second kappa shape index (κ2) is 5.69. The monoisotopic (exact) mass is 258 g/mol. The topological polar surface area (TPSA) is 55.0 Å². The quantitative estimate of drug-likeness (QED) is 0.677. The number of aromatic amines is 1. The molecule has 19 heavy (non-hydrogen) atoms. The molecule has 0 spiro atoms. The number of carbonyl (C=O) groups is 1. The lowest BCUT2D eigenvalue weighted by molar-refractivity contribution is 0.0728. The first-order valence-corrected chi connectivity index (χ1v) is 6.37. The maximum atomic E-state index is 11.9. The SMILES string of the molecule is Cc1cccc(OC(=O)c2cc(CC(C)C)[nH]n2)c1. The Morgan fingerprint density at radius 3 is 2.84 bits per heavy atom. The van der Waals surface area contributed by atoms with Gasteiger partial charge < -0.3 is 4.74 Å². The number of carbonyl (C=O) groups excluding carboxylic acids is 1. The third kappa shape index (κ3) is 3.68. The van der Waals surface area contributed by atoms with Crippen molar-refractivity contribution in [3.63, 3.8) is 0 Å². The average Bonchev–Trinajstić information content (AvgIpc) is 2.76.